The second-order valence-electron chi connectivity index (χ2n) is 12.2. The van der Waals surface area contributed by atoms with Gasteiger partial charge in [-0.05, 0) is 71.8 Å². The van der Waals surface area contributed by atoms with E-state index in [0.29, 0.717) is 0 Å². The molecule has 4 nitrogen and oxygen atoms in total. The Balaban J connectivity index is 0.000000159. The van der Waals surface area contributed by atoms with Crippen molar-refractivity contribution in [2.24, 2.45) is 0 Å². The summed E-state index contributed by atoms with van der Waals surface area (Å²) in [6.45, 7) is 4.11. The molecule has 0 aliphatic heterocycles. The summed E-state index contributed by atoms with van der Waals surface area (Å²) in [5, 5.41) is 2.28. The Labute approximate surface area is 324 Å². The molecular formula is C48H36IrN4-2. The third-order valence-corrected chi connectivity index (χ3v) is 8.48. The Kier molecular flexibility index (Phi) is 12.4. The molecular weight excluding hydrogens is 825 g/mol. The van der Waals surface area contributed by atoms with Gasteiger partial charge in [-0.25, -0.2) is 0 Å². The van der Waals surface area contributed by atoms with Crippen LogP contribution in [0.5, 0.6) is 0 Å². The number of pyridine rings is 4. The van der Waals surface area contributed by atoms with E-state index < -0.39 is 0 Å². The molecule has 1 radical (unpaired) electrons. The molecule has 0 N–H and O–H groups in total. The van der Waals surface area contributed by atoms with Gasteiger partial charge in [0.1, 0.15) is 0 Å². The predicted octanol–water partition coefficient (Wildman–Crippen LogP) is 11.8. The van der Waals surface area contributed by atoms with Gasteiger partial charge >= 0.3 is 0 Å². The SMILES string of the molecule is Cc1cc(-c2ccccc2)c2ccc3c(-c4ccccc4)cc(C)nc3c2n1.[Ir].[c-]1ccccc1-c1ccccn1.[c-]1ccccc1-c1ccccn1. The number of hydrogen-bond donors (Lipinski definition) is 0. The van der Waals surface area contributed by atoms with Gasteiger partial charge in [0, 0.05) is 54.7 Å². The monoisotopic (exact) mass is 861 g/mol. The van der Waals surface area contributed by atoms with Crippen LogP contribution < -0.4 is 0 Å². The maximum atomic E-state index is 4.90. The van der Waals surface area contributed by atoms with Gasteiger partial charge in [-0.2, -0.15) is 0 Å². The molecule has 5 heteroatoms. The molecule has 0 bridgehead atoms. The third kappa shape index (κ3) is 9.03. The van der Waals surface area contributed by atoms with Crippen molar-refractivity contribution in [2.75, 3.05) is 0 Å². The fraction of sp³-hybridized carbons (Fsp3) is 0.0417. The second kappa shape index (κ2) is 17.9. The normalized spacial score (nSPS) is 10.3. The van der Waals surface area contributed by atoms with Gasteiger partial charge in [-0.1, -0.05) is 97.1 Å². The van der Waals surface area contributed by atoms with E-state index in [1.807, 2.05) is 97.1 Å². The van der Waals surface area contributed by atoms with Crippen LogP contribution in [0.3, 0.4) is 0 Å². The zero-order chi connectivity index (χ0) is 35.5. The average Bonchev–Trinajstić information content (AvgIpc) is 3.23. The topological polar surface area (TPSA) is 51.6 Å². The number of aromatic nitrogens is 4. The average molecular weight is 861 g/mol. The van der Waals surface area contributed by atoms with Crippen molar-refractivity contribution < 1.29 is 20.1 Å². The summed E-state index contributed by atoms with van der Waals surface area (Å²) in [6.07, 6.45) is 3.58. The van der Waals surface area contributed by atoms with Gasteiger partial charge in [-0.15, -0.1) is 71.8 Å². The standard InChI is InChI=1S/C26H20N2.2C11H8N.Ir/c1-17-15-23(19-9-5-3-6-10-19)21-13-14-22-24(20-11-7-4-8-12-20)16-18(2)28-26(22)25(21)27-17;2*1-2-6-10(7-3-1)11-8-4-5-9-12-11;/h3-16H,1-2H3;2*1-6,8-9H;/q;2*-1;. The van der Waals surface area contributed by atoms with Gasteiger partial charge in [-0.3, -0.25) is 9.97 Å². The van der Waals surface area contributed by atoms with Crippen molar-refractivity contribution in [1.82, 2.24) is 19.9 Å². The molecule has 0 saturated heterocycles. The van der Waals surface area contributed by atoms with Gasteiger partial charge in [0.05, 0.1) is 11.0 Å². The first-order valence-electron chi connectivity index (χ1n) is 17.2. The van der Waals surface area contributed by atoms with E-state index >= 15 is 0 Å². The van der Waals surface area contributed by atoms with Crippen LogP contribution in [0, 0.1) is 26.0 Å². The minimum atomic E-state index is 0. The zero-order valence-corrected chi connectivity index (χ0v) is 31.8. The number of fused-ring (bicyclic) bond motifs is 3. The Bertz CT molecular complexity index is 2240. The van der Waals surface area contributed by atoms with Crippen LogP contribution in [0.15, 0.2) is 182 Å². The molecule has 5 aromatic carbocycles. The summed E-state index contributed by atoms with van der Waals surface area (Å²) in [4.78, 5) is 18.2. The molecule has 4 aromatic heterocycles. The molecule has 259 valence electrons. The number of hydrogen-bond acceptors (Lipinski definition) is 4. The number of rotatable bonds is 4. The van der Waals surface area contributed by atoms with Gasteiger partial charge in [0.15, 0.2) is 0 Å². The first kappa shape index (κ1) is 36.7. The number of nitrogens with zero attached hydrogens (tertiary/aromatic N) is 4. The summed E-state index contributed by atoms with van der Waals surface area (Å²) >= 11 is 0. The quantitative estimate of drug-likeness (QED) is 0.131. The fourth-order valence-corrected chi connectivity index (χ4v) is 6.09. The predicted molar refractivity (Wildman–Crippen MR) is 214 cm³/mol. The molecule has 0 saturated carbocycles. The Hall–Kier alpha value is -6.13. The second-order valence-corrected chi connectivity index (χ2v) is 12.2. The Morgan fingerprint density at radius 2 is 0.811 bits per heavy atom. The molecule has 0 atom stereocenters. The molecule has 0 spiro atoms. The number of benzene rings is 5. The first-order valence-corrected chi connectivity index (χ1v) is 17.2. The molecule has 0 aliphatic carbocycles. The van der Waals surface area contributed by atoms with Crippen molar-refractivity contribution in [3.05, 3.63) is 206 Å². The van der Waals surface area contributed by atoms with Crippen LogP contribution in [-0.4, -0.2) is 19.9 Å². The van der Waals surface area contributed by atoms with Crippen molar-refractivity contribution >= 4 is 21.8 Å². The largest absolute Gasteiger partial charge is 0.305 e. The molecule has 0 fully saturated rings. The van der Waals surface area contributed by atoms with Crippen molar-refractivity contribution in [1.29, 1.82) is 0 Å². The van der Waals surface area contributed by atoms with Crippen molar-refractivity contribution in [3.8, 4) is 44.8 Å². The van der Waals surface area contributed by atoms with Crippen molar-refractivity contribution in [3.63, 3.8) is 0 Å². The van der Waals surface area contributed by atoms with Crippen LogP contribution >= 0.6 is 0 Å². The summed E-state index contributed by atoms with van der Waals surface area (Å²) in [5.41, 5.74) is 12.8. The minimum absolute atomic E-state index is 0. The molecule has 0 unspecified atom stereocenters. The van der Waals surface area contributed by atoms with E-state index in [2.05, 4.69) is 109 Å². The van der Waals surface area contributed by atoms with Gasteiger partial charge < -0.3 is 9.97 Å². The summed E-state index contributed by atoms with van der Waals surface area (Å²) in [5.74, 6) is 0. The van der Waals surface area contributed by atoms with E-state index in [0.717, 1.165) is 55.7 Å². The molecule has 9 aromatic rings. The minimum Gasteiger partial charge on any atom is -0.305 e. The van der Waals surface area contributed by atoms with Gasteiger partial charge in [0.2, 0.25) is 0 Å². The maximum Gasteiger partial charge on any atom is 0.0974 e. The van der Waals surface area contributed by atoms with Crippen LogP contribution in [-0.2, 0) is 20.1 Å². The third-order valence-electron chi connectivity index (χ3n) is 8.48. The fourth-order valence-electron chi connectivity index (χ4n) is 6.09. The molecule has 0 aliphatic rings. The first-order chi connectivity index (χ1) is 25.6. The van der Waals surface area contributed by atoms with E-state index in [9.17, 15) is 0 Å². The summed E-state index contributed by atoms with van der Waals surface area (Å²) in [6, 6.07) is 63.3. The molecule has 9 rings (SSSR count). The Morgan fingerprint density at radius 1 is 0.415 bits per heavy atom. The molecule has 4 heterocycles. The van der Waals surface area contributed by atoms with E-state index in [-0.39, 0.29) is 20.1 Å². The van der Waals surface area contributed by atoms with Crippen LogP contribution in [0.4, 0.5) is 0 Å². The van der Waals surface area contributed by atoms with E-state index in [1.54, 1.807) is 12.4 Å². The van der Waals surface area contributed by atoms with Crippen LogP contribution in [0.25, 0.3) is 66.6 Å². The zero-order valence-electron chi connectivity index (χ0n) is 29.4. The van der Waals surface area contributed by atoms with Gasteiger partial charge in [0.25, 0.3) is 0 Å². The Morgan fingerprint density at radius 3 is 1.17 bits per heavy atom. The summed E-state index contributed by atoms with van der Waals surface area (Å²) in [7, 11) is 0. The smallest absolute Gasteiger partial charge is 0.0974 e. The summed E-state index contributed by atoms with van der Waals surface area (Å²) < 4.78 is 0. The van der Waals surface area contributed by atoms with E-state index in [1.165, 1.54) is 22.3 Å². The molecule has 0 amide bonds. The number of aryl methyl sites for hydroxylation is 2. The van der Waals surface area contributed by atoms with Crippen LogP contribution in [0.2, 0.25) is 0 Å². The van der Waals surface area contributed by atoms with E-state index in [4.69, 9.17) is 9.97 Å². The van der Waals surface area contributed by atoms with Crippen LogP contribution in [0.1, 0.15) is 11.4 Å². The van der Waals surface area contributed by atoms with Crippen molar-refractivity contribution in [2.45, 2.75) is 13.8 Å². The maximum absolute atomic E-state index is 4.90. The molecule has 53 heavy (non-hydrogen) atoms.